The number of hydrogen-bond acceptors (Lipinski definition) is 4. The molecule has 28 heavy (non-hydrogen) atoms. The van der Waals surface area contributed by atoms with E-state index < -0.39 is 0 Å². The number of hydrogen-bond donors (Lipinski definition) is 2. The van der Waals surface area contributed by atoms with Gasteiger partial charge in [0.25, 0.3) is 0 Å². The molecule has 0 saturated heterocycles. The quantitative estimate of drug-likeness (QED) is 0.300. The van der Waals surface area contributed by atoms with E-state index in [2.05, 4.69) is 15.4 Å². The molecule has 3 rings (SSSR count). The van der Waals surface area contributed by atoms with Crippen LogP contribution in [0.15, 0.2) is 65.9 Å². The Morgan fingerprint density at radius 2 is 1.89 bits per heavy atom. The molecule has 0 amide bonds. The normalized spacial score (nSPS) is 10.9. The van der Waals surface area contributed by atoms with Gasteiger partial charge in [0.15, 0.2) is 17.5 Å². The molecule has 0 saturated carbocycles. The molecule has 0 unspecified atom stereocenters. The third kappa shape index (κ3) is 5.38. The van der Waals surface area contributed by atoms with E-state index >= 15 is 0 Å². The van der Waals surface area contributed by atoms with Crippen molar-refractivity contribution in [3.63, 3.8) is 0 Å². The molecular weight excluding hydrogens is 469 g/mol. The zero-order chi connectivity index (χ0) is 19.1. The lowest BCUT2D eigenvalue weighted by molar-refractivity contribution is 0.354. The molecule has 2 aromatic carbocycles. The molecule has 8 heteroatoms. The Balaban J connectivity index is 0.00000280. The molecule has 0 aliphatic heterocycles. The first kappa shape index (κ1) is 21.5. The fourth-order valence-electron chi connectivity index (χ4n) is 2.69. The molecule has 0 spiro atoms. The number of methoxy groups -OCH3 is 2. The van der Waals surface area contributed by atoms with Gasteiger partial charge in [0, 0.05) is 18.9 Å². The van der Waals surface area contributed by atoms with Crippen LogP contribution in [0.4, 0.5) is 0 Å². The molecule has 7 nitrogen and oxygen atoms in total. The Labute approximate surface area is 181 Å². The second-order valence-corrected chi connectivity index (χ2v) is 5.82. The predicted molar refractivity (Wildman–Crippen MR) is 121 cm³/mol. The molecule has 0 aliphatic carbocycles. The van der Waals surface area contributed by atoms with Gasteiger partial charge in [-0.05, 0) is 35.4 Å². The molecule has 3 N–H and O–H groups in total. The topological polar surface area (TPSA) is 86.7 Å². The van der Waals surface area contributed by atoms with Crippen molar-refractivity contribution in [2.24, 2.45) is 10.7 Å². The molecule has 1 heterocycles. The lowest BCUT2D eigenvalue weighted by Gasteiger charge is -2.11. The van der Waals surface area contributed by atoms with Crippen molar-refractivity contribution in [1.82, 2.24) is 15.1 Å². The van der Waals surface area contributed by atoms with Gasteiger partial charge in [-0.15, -0.1) is 24.0 Å². The van der Waals surface area contributed by atoms with Crippen LogP contribution in [-0.2, 0) is 13.1 Å². The number of nitrogens with two attached hydrogens (primary N) is 1. The predicted octanol–water partition coefficient (Wildman–Crippen LogP) is 3.11. The zero-order valence-corrected chi connectivity index (χ0v) is 18.2. The summed E-state index contributed by atoms with van der Waals surface area (Å²) in [5, 5.41) is 7.44. The van der Waals surface area contributed by atoms with Crippen LogP contribution in [0.3, 0.4) is 0 Å². The molecule has 0 bridgehead atoms. The molecule has 0 fully saturated rings. The maximum absolute atomic E-state index is 6.03. The number of halogens is 1. The van der Waals surface area contributed by atoms with Gasteiger partial charge in [-0.3, -0.25) is 0 Å². The Morgan fingerprint density at radius 3 is 2.61 bits per heavy atom. The van der Waals surface area contributed by atoms with Crippen molar-refractivity contribution in [2.75, 3.05) is 14.2 Å². The average Bonchev–Trinajstić information content (AvgIpc) is 3.25. The van der Waals surface area contributed by atoms with Crippen molar-refractivity contribution in [3.8, 4) is 17.2 Å². The summed E-state index contributed by atoms with van der Waals surface area (Å²) in [6.07, 6.45) is 3.66. The number of para-hydroxylation sites is 1. The number of benzene rings is 2. The summed E-state index contributed by atoms with van der Waals surface area (Å²) in [6.45, 7) is 0.997. The van der Waals surface area contributed by atoms with Gasteiger partial charge in [0.1, 0.15) is 0 Å². The lowest BCUT2D eigenvalue weighted by atomic mass is 10.2. The van der Waals surface area contributed by atoms with Crippen LogP contribution in [0.5, 0.6) is 11.5 Å². The second-order valence-electron chi connectivity index (χ2n) is 5.82. The number of nitrogens with one attached hydrogen (secondary N) is 1. The molecule has 148 valence electrons. The third-order valence-electron chi connectivity index (χ3n) is 4.08. The average molecular weight is 493 g/mol. The maximum Gasteiger partial charge on any atom is 0.189 e. The largest absolute Gasteiger partial charge is 0.493 e. The van der Waals surface area contributed by atoms with Crippen molar-refractivity contribution >= 4 is 29.9 Å². The van der Waals surface area contributed by atoms with Crippen molar-refractivity contribution in [1.29, 1.82) is 0 Å². The van der Waals surface area contributed by atoms with E-state index in [-0.39, 0.29) is 24.0 Å². The van der Waals surface area contributed by atoms with Gasteiger partial charge in [-0.25, -0.2) is 9.67 Å². The van der Waals surface area contributed by atoms with E-state index in [1.165, 1.54) is 0 Å². The van der Waals surface area contributed by atoms with Crippen molar-refractivity contribution in [3.05, 3.63) is 72.1 Å². The minimum absolute atomic E-state index is 0. The highest BCUT2D eigenvalue weighted by atomic mass is 127. The summed E-state index contributed by atoms with van der Waals surface area (Å²) in [5.74, 6) is 1.73. The number of guanidine groups is 1. The maximum atomic E-state index is 6.03. The summed E-state index contributed by atoms with van der Waals surface area (Å²) < 4.78 is 12.4. The minimum atomic E-state index is 0. The second kappa shape index (κ2) is 10.5. The van der Waals surface area contributed by atoms with E-state index in [1.54, 1.807) is 20.4 Å². The van der Waals surface area contributed by atoms with E-state index in [0.29, 0.717) is 30.5 Å². The highest BCUT2D eigenvalue weighted by molar-refractivity contribution is 14.0. The van der Waals surface area contributed by atoms with Crippen LogP contribution in [0.1, 0.15) is 11.1 Å². The Kier molecular flexibility index (Phi) is 8.12. The summed E-state index contributed by atoms with van der Waals surface area (Å²) in [5.41, 5.74) is 9.08. The van der Waals surface area contributed by atoms with Crippen LogP contribution in [0.2, 0.25) is 0 Å². The van der Waals surface area contributed by atoms with E-state index in [4.69, 9.17) is 15.2 Å². The fraction of sp³-hybridized carbons (Fsp3) is 0.200. The number of aromatic nitrogens is 2. The van der Waals surface area contributed by atoms with Gasteiger partial charge < -0.3 is 20.5 Å². The smallest absolute Gasteiger partial charge is 0.189 e. The molecule has 0 aliphatic rings. The fourth-order valence-corrected chi connectivity index (χ4v) is 2.69. The van der Waals surface area contributed by atoms with Gasteiger partial charge in [-0.1, -0.05) is 24.3 Å². The number of ether oxygens (including phenoxy) is 2. The van der Waals surface area contributed by atoms with E-state index in [9.17, 15) is 0 Å². The van der Waals surface area contributed by atoms with Crippen LogP contribution in [-0.4, -0.2) is 30.0 Å². The van der Waals surface area contributed by atoms with Gasteiger partial charge in [-0.2, -0.15) is 5.10 Å². The summed E-state index contributed by atoms with van der Waals surface area (Å²) >= 11 is 0. The van der Waals surface area contributed by atoms with E-state index in [0.717, 1.165) is 16.8 Å². The van der Waals surface area contributed by atoms with E-state index in [1.807, 2.05) is 59.4 Å². The third-order valence-corrected chi connectivity index (χ3v) is 4.08. The Morgan fingerprint density at radius 1 is 1.11 bits per heavy atom. The number of nitrogens with zero attached hydrogens (tertiary/aromatic N) is 3. The minimum Gasteiger partial charge on any atom is -0.493 e. The van der Waals surface area contributed by atoms with Crippen LogP contribution in [0.25, 0.3) is 5.69 Å². The van der Waals surface area contributed by atoms with Crippen molar-refractivity contribution < 1.29 is 9.47 Å². The van der Waals surface area contributed by atoms with Gasteiger partial charge in [0.05, 0.1) is 26.5 Å². The first-order valence-electron chi connectivity index (χ1n) is 8.54. The molecular formula is C20H24IN5O2. The summed E-state index contributed by atoms with van der Waals surface area (Å²) in [7, 11) is 3.22. The first-order valence-corrected chi connectivity index (χ1v) is 8.54. The lowest BCUT2D eigenvalue weighted by Crippen LogP contribution is -2.31. The van der Waals surface area contributed by atoms with Crippen molar-refractivity contribution in [2.45, 2.75) is 13.1 Å². The number of rotatable bonds is 7. The Bertz CT molecular complexity index is 913. The monoisotopic (exact) mass is 493 g/mol. The zero-order valence-electron chi connectivity index (χ0n) is 15.8. The van der Waals surface area contributed by atoms with Gasteiger partial charge >= 0.3 is 0 Å². The number of aliphatic imine (C=N–C) groups is 1. The standard InChI is InChI=1S/C20H23N5O2.HI/c1-26-18-9-8-15(12-19(18)27-2)13-22-20(21)23-14-16-6-3-4-7-17(16)25-11-5-10-24-25;/h3-12H,13-14H2,1-2H3,(H3,21,22,23);1H. The highest BCUT2D eigenvalue weighted by Gasteiger charge is 2.06. The molecule has 0 atom stereocenters. The highest BCUT2D eigenvalue weighted by Crippen LogP contribution is 2.27. The van der Waals surface area contributed by atoms with Gasteiger partial charge in [0.2, 0.25) is 0 Å². The first-order chi connectivity index (χ1) is 13.2. The summed E-state index contributed by atoms with van der Waals surface area (Å²) in [6, 6.07) is 15.6. The summed E-state index contributed by atoms with van der Waals surface area (Å²) in [4.78, 5) is 4.40. The Hall–Kier alpha value is -2.75. The molecule has 3 aromatic rings. The van der Waals surface area contributed by atoms with Crippen LogP contribution >= 0.6 is 24.0 Å². The van der Waals surface area contributed by atoms with Crippen LogP contribution < -0.4 is 20.5 Å². The SMILES string of the molecule is COc1ccc(CN=C(N)NCc2ccccc2-n2cccn2)cc1OC.I. The molecule has 0 radical (unpaired) electrons. The molecule has 1 aromatic heterocycles. The van der Waals surface area contributed by atoms with Crippen LogP contribution in [0, 0.1) is 0 Å².